The Morgan fingerprint density at radius 3 is 2.26 bits per heavy atom. The van der Waals surface area contributed by atoms with E-state index in [1.54, 1.807) is 6.08 Å². The summed E-state index contributed by atoms with van der Waals surface area (Å²) < 4.78 is 4.92. The molecule has 0 radical (unpaired) electrons. The molecule has 0 bridgehead atoms. The Kier molecular flexibility index (Phi) is 9.28. The normalized spacial score (nSPS) is 16.1. The van der Waals surface area contributed by atoms with Crippen LogP contribution in [0.15, 0.2) is 23.3 Å². The van der Waals surface area contributed by atoms with Crippen molar-refractivity contribution in [3.05, 3.63) is 23.3 Å². The first-order valence-electron chi connectivity index (χ1n) is 7.44. The van der Waals surface area contributed by atoms with Crippen LogP contribution in [0.2, 0.25) is 0 Å². The molecule has 0 rings (SSSR count). The molecule has 0 aliphatic rings. The topological polar surface area (TPSA) is 26.3 Å². The minimum absolute atomic E-state index is 0.250. The summed E-state index contributed by atoms with van der Waals surface area (Å²) in [5.41, 5.74) is 2.17. The lowest BCUT2D eigenvalue weighted by Gasteiger charge is -2.12. The first-order chi connectivity index (χ1) is 8.90. The molecule has 2 nitrogen and oxygen atoms in total. The van der Waals surface area contributed by atoms with E-state index in [9.17, 15) is 4.79 Å². The summed E-state index contributed by atoms with van der Waals surface area (Å²) in [7, 11) is 0. The summed E-state index contributed by atoms with van der Waals surface area (Å²) in [4.78, 5) is 11.4. The van der Waals surface area contributed by atoms with Crippen LogP contribution in [0.4, 0.5) is 0 Å². The highest BCUT2D eigenvalue weighted by Crippen LogP contribution is 2.19. The van der Waals surface area contributed by atoms with Gasteiger partial charge in [0.25, 0.3) is 0 Å². The van der Waals surface area contributed by atoms with Crippen LogP contribution in [0.25, 0.3) is 0 Å². The number of allylic oxidation sites excluding steroid dienone is 3. The SMILES string of the molecule is CCOC(=O)C=C(C)C(C)=CC(C)CCC(C)CC. The number of rotatable bonds is 8. The second-order valence-corrected chi connectivity index (χ2v) is 5.50. The molecule has 2 heteroatoms. The van der Waals surface area contributed by atoms with E-state index in [1.165, 1.54) is 24.8 Å². The molecule has 0 amide bonds. The van der Waals surface area contributed by atoms with Crippen LogP contribution in [0.5, 0.6) is 0 Å². The van der Waals surface area contributed by atoms with E-state index in [2.05, 4.69) is 33.8 Å². The summed E-state index contributed by atoms with van der Waals surface area (Å²) in [6.07, 6.45) is 7.56. The lowest BCUT2D eigenvalue weighted by atomic mass is 9.94. The largest absolute Gasteiger partial charge is 0.463 e. The van der Waals surface area contributed by atoms with Crippen molar-refractivity contribution in [2.45, 2.75) is 60.8 Å². The van der Waals surface area contributed by atoms with Crippen LogP contribution in [0.1, 0.15) is 60.8 Å². The van der Waals surface area contributed by atoms with Crippen LogP contribution in [-0.4, -0.2) is 12.6 Å². The molecule has 0 heterocycles. The van der Waals surface area contributed by atoms with Crippen molar-refractivity contribution in [3.63, 3.8) is 0 Å². The monoisotopic (exact) mass is 266 g/mol. The third-order valence-corrected chi connectivity index (χ3v) is 3.59. The number of carbonyl (C=O) groups is 1. The highest BCUT2D eigenvalue weighted by atomic mass is 16.5. The molecule has 0 spiro atoms. The quantitative estimate of drug-likeness (QED) is 0.354. The second-order valence-electron chi connectivity index (χ2n) is 5.50. The van der Waals surface area contributed by atoms with Crippen molar-refractivity contribution in [2.24, 2.45) is 11.8 Å². The van der Waals surface area contributed by atoms with Crippen molar-refractivity contribution < 1.29 is 9.53 Å². The smallest absolute Gasteiger partial charge is 0.331 e. The first kappa shape index (κ1) is 17.9. The maximum atomic E-state index is 11.4. The average molecular weight is 266 g/mol. The van der Waals surface area contributed by atoms with Crippen LogP contribution in [0, 0.1) is 11.8 Å². The summed E-state index contributed by atoms with van der Waals surface area (Å²) in [5.74, 6) is 1.10. The summed E-state index contributed by atoms with van der Waals surface area (Å²) in [6, 6.07) is 0. The molecule has 0 aliphatic carbocycles. The zero-order chi connectivity index (χ0) is 14.8. The second kappa shape index (κ2) is 9.82. The number of hydrogen-bond donors (Lipinski definition) is 0. The van der Waals surface area contributed by atoms with Gasteiger partial charge in [-0.15, -0.1) is 0 Å². The Labute approximate surface area is 118 Å². The predicted molar refractivity (Wildman–Crippen MR) is 82.0 cm³/mol. The summed E-state index contributed by atoms with van der Waals surface area (Å²) >= 11 is 0. The van der Waals surface area contributed by atoms with Gasteiger partial charge < -0.3 is 4.74 Å². The summed E-state index contributed by atoms with van der Waals surface area (Å²) in [6.45, 7) is 13.0. The van der Waals surface area contributed by atoms with Gasteiger partial charge in [0.2, 0.25) is 0 Å². The van der Waals surface area contributed by atoms with Crippen molar-refractivity contribution >= 4 is 5.97 Å². The lowest BCUT2D eigenvalue weighted by Crippen LogP contribution is -2.01. The minimum atomic E-state index is -0.250. The third-order valence-electron chi connectivity index (χ3n) is 3.59. The molecule has 0 aromatic carbocycles. The lowest BCUT2D eigenvalue weighted by molar-refractivity contribution is -0.137. The van der Waals surface area contributed by atoms with Crippen molar-refractivity contribution in [3.8, 4) is 0 Å². The molecule has 2 unspecified atom stereocenters. The number of carbonyl (C=O) groups excluding carboxylic acids is 1. The van der Waals surface area contributed by atoms with Gasteiger partial charge in [-0.2, -0.15) is 0 Å². The van der Waals surface area contributed by atoms with E-state index in [0.717, 1.165) is 11.5 Å². The molecule has 110 valence electrons. The van der Waals surface area contributed by atoms with E-state index in [0.29, 0.717) is 12.5 Å². The zero-order valence-corrected chi connectivity index (χ0v) is 13.5. The molecule has 0 aliphatic heterocycles. The van der Waals surface area contributed by atoms with Crippen LogP contribution in [0.3, 0.4) is 0 Å². The fourth-order valence-electron chi connectivity index (χ4n) is 1.87. The van der Waals surface area contributed by atoms with Crippen molar-refractivity contribution in [1.82, 2.24) is 0 Å². The van der Waals surface area contributed by atoms with E-state index in [1.807, 2.05) is 13.8 Å². The molecule has 0 fully saturated rings. The Morgan fingerprint density at radius 2 is 1.74 bits per heavy atom. The van der Waals surface area contributed by atoms with Gasteiger partial charge in [0.05, 0.1) is 6.61 Å². The minimum Gasteiger partial charge on any atom is -0.463 e. The third kappa shape index (κ3) is 8.63. The first-order valence-corrected chi connectivity index (χ1v) is 7.44. The van der Waals surface area contributed by atoms with Gasteiger partial charge in [-0.1, -0.05) is 45.3 Å². The molecule has 0 saturated carbocycles. The fourth-order valence-corrected chi connectivity index (χ4v) is 1.87. The average Bonchev–Trinajstić information content (AvgIpc) is 2.35. The van der Waals surface area contributed by atoms with Gasteiger partial charge in [0.15, 0.2) is 0 Å². The van der Waals surface area contributed by atoms with Crippen LogP contribution < -0.4 is 0 Å². The van der Waals surface area contributed by atoms with Gasteiger partial charge >= 0.3 is 5.97 Å². The van der Waals surface area contributed by atoms with Crippen LogP contribution >= 0.6 is 0 Å². The highest BCUT2D eigenvalue weighted by Gasteiger charge is 2.05. The molecule has 19 heavy (non-hydrogen) atoms. The molecule has 0 saturated heterocycles. The predicted octanol–water partition coefficient (Wildman–Crippen LogP) is 4.90. The fraction of sp³-hybridized carbons (Fsp3) is 0.706. The highest BCUT2D eigenvalue weighted by molar-refractivity contribution is 5.83. The standard InChI is InChI=1S/C17H30O2/c1-7-13(3)9-10-14(4)11-15(5)16(6)12-17(18)19-8-2/h11-14H,7-10H2,1-6H3. The number of ether oxygens (including phenoxy) is 1. The maximum Gasteiger partial charge on any atom is 0.331 e. The van der Waals surface area contributed by atoms with Gasteiger partial charge in [-0.05, 0) is 44.6 Å². The van der Waals surface area contributed by atoms with E-state index < -0.39 is 0 Å². The van der Waals surface area contributed by atoms with Gasteiger partial charge in [-0.25, -0.2) is 4.79 Å². The molecule has 0 aromatic heterocycles. The summed E-state index contributed by atoms with van der Waals surface area (Å²) in [5, 5.41) is 0. The molecular weight excluding hydrogens is 236 g/mol. The van der Waals surface area contributed by atoms with Gasteiger partial charge in [0.1, 0.15) is 0 Å². The Morgan fingerprint density at radius 1 is 1.11 bits per heavy atom. The van der Waals surface area contributed by atoms with E-state index in [-0.39, 0.29) is 5.97 Å². The van der Waals surface area contributed by atoms with E-state index in [4.69, 9.17) is 4.74 Å². The Bertz CT molecular complexity index is 326. The Balaban J connectivity index is 4.41. The molecule has 2 atom stereocenters. The molecular formula is C17H30O2. The van der Waals surface area contributed by atoms with Gasteiger partial charge in [-0.3, -0.25) is 0 Å². The Hall–Kier alpha value is -1.05. The van der Waals surface area contributed by atoms with Crippen LogP contribution in [-0.2, 0) is 9.53 Å². The molecule has 0 aromatic rings. The van der Waals surface area contributed by atoms with Gasteiger partial charge in [0, 0.05) is 6.08 Å². The number of hydrogen-bond acceptors (Lipinski definition) is 2. The van der Waals surface area contributed by atoms with Crippen molar-refractivity contribution in [1.29, 1.82) is 0 Å². The maximum absolute atomic E-state index is 11.4. The zero-order valence-electron chi connectivity index (χ0n) is 13.5. The molecule has 0 N–H and O–H groups in total. The van der Waals surface area contributed by atoms with Crippen molar-refractivity contribution in [2.75, 3.05) is 6.61 Å². The van der Waals surface area contributed by atoms with E-state index >= 15 is 0 Å². The number of esters is 1.